The normalized spacial score (nSPS) is 11.3. The second kappa shape index (κ2) is 5.41. The van der Waals surface area contributed by atoms with Gasteiger partial charge in [-0.1, -0.05) is 35.9 Å². The van der Waals surface area contributed by atoms with Crippen molar-refractivity contribution in [3.63, 3.8) is 0 Å². The largest absolute Gasteiger partial charge is 0.366 e. The van der Waals surface area contributed by atoms with E-state index in [-0.39, 0.29) is 0 Å². The van der Waals surface area contributed by atoms with Crippen LogP contribution in [0.25, 0.3) is 21.8 Å². The number of halogens is 1. The van der Waals surface area contributed by atoms with E-state index in [1.54, 1.807) is 17.4 Å². The van der Waals surface area contributed by atoms with Crippen molar-refractivity contribution in [2.75, 3.05) is 0 Å². The number of fused-ring (bicyclic) bond motifs is 3. The van der Waals surface area contributed by atoms with Gasteiger partial charge in [0.1, 0.15) is 0 Å². The summed E-state index contributed by atoms with van der Waals surface area (Å²) in [6.45, 7) is 0.712. The molecule has 1 amide bonds. The van der Waals surface area contributed by atoms with Crippen molar-refractivity contribution in [3.05, 3.63) is 69.4 Å². The summed E-state index contributed by atoms with van der Waals surface area (Å²) >= 11 is 8.17. The van der Waals surface area contributed by atoms with E-state index in [2.05, 4.69) is 16.0 Å². The van der Waals surface area contributed by atoms with Crippen molar-refractivity contribution in [1.82, 2.24) is 4.57 Å². The summed E-state index contributed by atoms with van der Waals surface area (Å²) < 4.78 is 2.16. The van der Waals surface area contributed by atoms with Crippen LogP contribution in [0.2, 0.25) is 5.02 Å². The fourth-order valence-electron chi connectivity index (χ4n) is 3.09. The predicted octanol–water partition coefficient (Wildman–Crippen LogP) is 4.66. The summed E-state index contributed by atoms with van der Waals surface area (Å²) in [7, 11) is 0. The minimum Gasteiger partial charge on any atom is -0.366 e. The summed E-state index contributed by atoms with van der Waals surface area (Å²) in [6, 6.07) is 15.5. The molecule has 3 nitrogen and oxygen atoms in total. The molecular formula is C18H13ClN2OS. The van der Waals surface area contributed by atoms with Crippen LogP contribution in [0.4, 0.5) is 0 Å². The molecule has 0 aliphatic heterocycles. The molecule has 4 rings (SSSR count). The lowest BCUT2D eigenvalue weighted by Crippen LogP contribution is -2.11. The van der Waals surface area contributed by atoms with Gasteiger partial charge in [-0.05, 0) is 29.6 Å². The maximum atomic E-state index is 11.9. The van der Waals surface area contributed by atoms with E-state index < -0.39 is 5.91 Å². The Balaban J connectivity index is 2.14. The van der Waals surface area contributed by atoms with Crippen LogP contribution in [0.1, 0.15) is 15.2 Å². The molecule has 2 N–H and O–H groups in total. The molecule has 0 saturated heterocycles. The molecular weight excluding hydrogens is 328 g/mol. The zero-order chi connectivity index (χ0) is 16.0. The number of para-hydroxylation sites is 1. The Morgan fingerprint density at radius 3 is 2.70 bits per heavy atom. The lowest BCUT2D eigenvalue weighted by molar-refractivity contribution is 0.100. The lowest BCUT2D eigenvalue weighted by atomic mass is 10.1. The van der Waals surface area contributed by atoms with E-state index in [9.17, 15) is 4.79 Å². The molecule has 0 aliphatic rings. The molecule has 0 radical (unpaired) electrons. The van der Waals surface area contributed by atoms with Gasteiger partial charge in [0.2, 0.25) is 5.91 Å². The Hall–Kier alpha value is -2.30. The topological polar surface area (TPSA) is 48.0 Å². The molecule has 4 aromatic rings. The van der Waals surface area contributed by atoms with Gasteiger partial charge in [-0.3, -0.25) is 4.79 Å². The van der Waals surface area contributed by atoms with Crippen molar-refractivity contribution in [2.24, 2.45) is 5.73 Å². The van der Waals surface area contributed by atoms with Crippen molar-refractivity contribution in [3.8, 4) is 0 Å². The summed E-state index contributed by atoms with van der Waals surface area (Å²) in [5, 5.41) is 4.55. The second-order valence-electron chi connectivity index (χ2n) is 5.37. The number of aromatic nitrogens is 1. The number of rotatable bonds is 3. The molecule has 2 heterocycles. The summed E-state index contributed by atoms with van der Waals surface area (Å²) in [4.78, 5) is 13.1. The fourth-order valence-corrected chi connectivity index (χ4v) is 4.06. The van der Waals surface area contributed by atoms with Gasteiger partial charge < -0.3 is 10.3 Å². The summed E-state index contributed by atoms with van der Waals surface area (Å²) in [5.41, 5.74) is 8.01. The zero-order valence-corrected chi connectivity index (χ0v) is 13.7. The number of nitrogens with zero attached hydrogens (tertiary/aromatic N) is 1. The van der Waals surface area contributed by atoms with Gasteiger partial charge in [0.05, 0.1) is 22.6 Å². The van der Waals surface area contributed by atoms with Crippen molar-refractivity contribution in [2.45, 2.75) is 6.54 Å². The molecule has 0 bridgehead atoms. The maximum Gasteiger partial charge on any atom is 0.249 e. The first-order valence-electron chi connectivity index (χ1n) is 7.18. The van der Waals surface area contributed by atoms with Crippen molar-refractivity contribution >= 4 is 50.7 Å². The average molecular weight is 341 g/mol. The molecule has 0 atom stereocenters. The van der Waals surface area contributed by atoms with Crippen molar-refractivity contribution in [1.29, 1.82) is 0 Å². The van der Waals surface area contributed by atoms with Crippen LogP contribution >= 0.6 is 22.9 Å². The summed E-state index contributed by atoms with van der Waals surface area (Å²) in [6.07, 6.45) is 0. The fraction of sp³-hybridized carbons (Fsp3) is 0.0556. The van der Waals surface area contributed by atoms with Crippen LogP contribution in [0.15, 0.2) is 53.9 Å². The lowest BCUT2D eigenvalue weighted by Gasteiger charge is -2.07. The monoisotopic (exact) mass is 340 g/mol. The molecule has 0 saturated carbocycles. The Bertz CT molecular complexity index is 1030. The summed E-state index contributed by atoms with van der Waals surface area (Å²) in [5.74, 6) is -0.425. The Labute approximate surface area is 141 Å². The van der Waals surface area contributed by atoms with Crippen molar-refractivity contribution < 1.29 is 4.79 Å². The number of nitrogens with two attached hydrogens (primary N) is 1. The van der Waals surface area contributed by atoms with Crippen LogP contribution in [0.5, 0.6) is 0 Å². The van der Waals surface area contributed by atoms with E-state index >= 15 is 0 Å². The smallest absolute Gasteiger partial charge is 0.249 e. The highest BCUT2D eigenvalue weighted by Gasteiger charge is 2.18. The molecule has 23 heavy (non-hydrogen) atoms. The molecule has 2 aromatic carbocycles. The number of hydrogen-bond acceptors (Lipinski definition) is 2. The molecule has 5 heteroatoms. The van der Waals surface area contributed by atoms with Gasteiger partial charge in [0.15, 0.2) is 0 Å². The molecule has 2 aromatic heterocycles. The first-order chi connectivity index (χ1) is 11.2. The van der Waals surface area contributed by atoms with E-state index in [1.807, 2.05) is 36.4 Å². The minimum atomic E-state index is -0.425. The van der Waals surface area contributed by atoms with Gasteiger partial charge in [0.25, 0.3) is 0 Å². The number of amides is 1. The minimum absolute atomic E-state index is 0.425. The SMILES string of the molecule is NC(=O)c1cccc2c1c1cccc(Cl)c1n2Cc1cccs1. The van der Waals surface area contributed by atoms with Crippen LogP contribution in [-0.2, 0) is 6.54 Å². The molecule has 0 aliphatic carbocycles. The first-order valence-corrected chi connectivity index (χ1v) is 8.44. The van der Waals surface area contributed by atoms with Gasteiger partial charge in [-0.15, -0.1) is 11.3 Å². The number of benzene rings is 2. The van der Waals surface area contributed by atoms with E-state index in [0.29, 0.717) is 17.1 Å². The molecule has 0 spiro atoms. The van der Waals surface area contributed by atoms with E-state index in [0.717, 1.165) is 21.8 Å². The third-order valence-corrected chi connectivity index (χ3v) is 5.18. The highest BCUT2D eigenvalue weighted by atomic mass is 35.5. The quantitative estimate of drug-likeness (QED) is 0.579. The highest BCUT2D eigenvalue weighted by molar-refractivity contribution is 7.09. The van der Waals surface area contributed by atoms with E-state index in [1.165, 1.54) is 4.88 Å². The standard InChI is InChI=1S/C18H13ClN2OS/c19-14-7-1-5-12-16-13(18(20)22)6-2-8-15(16)21(17(12)14)10-11-4-3-9-23-11/h1-9H,10H2,(H2,20,22). The van der Waals surface area contributed by atoms with E-state index in [4.69, 9.17) is 17.3 Å². The maximum absolute atomic E-state index is 11.9. The number of carbonyl (C=O) groups excluding carboxylic acids is 1. The van der Waals surface area contributed by atoms with Crippen LogP contribution in [-0.4, -0.2) is 10.5 Å². The van der Waals surface area contributed by atoms with Crippen LogP contribution in [0.3, 0.4) is 0 Å². The first kappa shape index (κ1) is 14.3. The van der Waals surface area contributed by atoms with Gasteiger partial charge >= 0.3 is 0 Å². The number of carbonyl (C=O) groups is 1. The second-order valence-corrected chi connectivity index (χ2v) is 6.80. The Kier molecular flexibility index (Phi) is 3.36. The van der Waals surface area contributed by atoms with Gasteiger partial charge in [-0.2, -0.15) is 0 Å². The molecule has 0 fully saturated rings. The zero-order valence-electron chi connectivity index (χ0n) is 12.1. The average Bonchev–Trinajstić information content (AvgIpc) is 3.15. The van der Waals surface area contributed by atoms with Crippen LogP contribution < -0.4 is 5.73 Å². The number of hydrogen-bond donors (Lipinski definition) is 1. The highest BCUT2D eigenvalue weighted by Crippen LogP contribution is 2.36. The number of primary amides is 1. The van der Waals surface area contributed by atoms with Gasteiger partial charge in [-0.25, -0.2) is 0 Å². The molecule has 114 valence electrons. The predicted molar refractivity (Wildman–Crippen MR) is 96.4 cm³/mol. The third-order valence-electron chi connectivity index (χ3n) is 4.02. The third kappa shape index (κ3) is 2.22. The Morgan fingerprint density at radius 1 is 1.13 bits per heavy atom. The molecule has 0 unspecified atom stereocenters. The van der Waals surface area contributed by atoms with Crippen LogP contribution in [0, 0.1) is 0 Å². The Morgan fingerprint density at radius 2 is 1.96 bits per heavy atom. The van der Waals surface area contributed by atoms with Gasteiger partial charge in [0, 0.05) is 21.2 Å². The number of thiophene rings is 1.